The first-order valence-corrected chi connectivity index (χ1v) is 25.6. The van der Waals surface area contributed by atoms with Crippen LogP contribution in [-0.4, -0.2) is 124 Å². The molecule has 71 heavy (non-hydrogen) atoms. The maximum atomic E-state index is 14.2. The maximum absolute atomic E-state index is 14.2. The summed E-state index contributed by atoms with van der Waals surface area (Å²) in [6.07, 6.45) is 1.75. The van der Waals surface area contributed by atoms with E-state index in [0.29, 0.717) is 43.4 Å². The molecule has 4 amide bonds. The van der Waals surface area contributed by atoms with Gasteiger partial charge in [0.25, 0.3) is 0 Å². The summed E-state index contributed by atoms with van der Waals surface area (Å²) < 4.78 is 0. The van der Waals surface area contributed by atoms with Gasteiger partial charge in [0.05, 0.1) is 28.7 Å². The van der Waals surface area contributed by atoms with E-state index < -0.39 is 35.6 Å². The minimum absolute atomic E-state index is 0.00290. The van der Waals surface area contributed by atoms with E-state index in [2.05, 4.69) is 47.9 Å². The molecule has 0 saturated carbocycles. The number of likely N-dealkylation sites (tertiary alicyclic amines) is 1. The number of anilines is 2. The fourth-order valence-electron chi connectivity index (χ4n) is 9.31. The second-order valence-corrected chi connectivity index (χ2v) is 21.1. The van der Waals surface area contributed by atoms with Crippen LogP contribution in [0.1, 0.15) is 66.0 Å². The van der Waals surface area contributed by atoms with E-state index in [0.717, 1.165) is 55.9 Å². The van der Waals surface area contributed by atoms with Crippen molar-refractivity contribution in [2.24, 2.45) is 5.41 Å². The Morgan fingerprint density at radius 2 is 1.59 bits per heavy atom. The van der Waals surface area contributed by atoms with E-state index >= 15 is 0 Å². The molecule has 0 spiro atoms. The van der Waals surface area contributed by atoms with Gasteiger partial charge in [-0.3, -0.25) is 33.8 Å². The third kappa shape index (κ3) is 12.5. The summed E-state index contributed by atoms with van der Waals surface area (Å²) in [4.78, 5) is 84.8. The second-order valence-electron chi connectivity index (χ2n) is 19.3. The minimum Gasteiger partial charge on any atom is -0.391 e. The highest BCUT2D eigenvalue weighted by Crippen LogP contribution is 2.31. The first-order chi connectivity index (χ1) is 34.1. The summed E-state index contributed by atoms with van der Waals surface area (Å²) in [6.45, 7) is 11.0. The van der Waals surface area contributed by atoms with Crippen LogP contribution < -0.4 is 20.9 Å². The molecule has 4 N–H and O–H groups in total. The van der Waals surface area contributed by atoms with Crippen molar-refractivity contribution < 1.29 is 29.1 Å². The van der Waals surface area contributed by atoms with Crippen molar-refractivity contribution in [2.75, 3.05) is 56.5 Å². The number of hydrogen-bond acceptors (Lipinski definition) is 13. The van der Waals surface area contributed by atoms with Crippen LogP contribution in [0.25, 0.3) is 21.6 Å². The molecule has 4 atom stereocenters. The number of amides is 4. The van der Waals surface area contributed by atoms with Gasteiger partial charge in [0.15, 0.2) is 5.13 Å². The van der Waals surface area contributed by atoms with Gasteiger partial charge >= 0.3 is 0 Å². The average molecular weight is 996 g/mol. The molecule has 0 aliphatic carbocycles. The van der Waals surface area contributed by atoms with Gasteiger partial charge in [0.1, 0.15) is 24.4 Å². The molecule has 17 heteroatoms. The predicted molar refractivity (Wildman–Crippen MR) is 279 cm³/mol. The van der Waals surface area contributed by atoms with Crippen LogP contribution >= 0.6 is 22.7 Å². The van der Waals surface area contributed by atoms with Crippen molar-refractivity contribution in [3.63, 3.8) is 0 Å². The van der Waals surface area contributed by atoms with E-state index in [1.165, 1.54) is 16.2 Å². The highest BCUT2D eigenvalue weighted by atomic mass is 32.1. The highest BCUT2D eigenvalue weighted by Gasteiger charge is 2.44. The molecule has 2 saturated heterocycles. The summed E-state index contributed by atoms with van der Waals surface area (Å²) >= 11 is 2.93. The van der Waals surface area contributed by atoms with Crippen LogP contribution in [0.2, 0.25) is 0 Å². The van der Waals surface area contributed by atoms with Crippen LogP contribution in [0.4, 0.5) is 10.8 Å². The monoisotopic (exact) mass is 995 g/mol. The molecule has 2 fully saturated rings. The SMILES string of the molecule is Cc1ncsc1-c1ccc(CNC(=O)[C@@H]2C[C@@H](O)CN2C(=O)[C@@H](NC(=O)CN2CCN(c3ccc(-c4ccc(CN(C)C(C(=O)Nc5nccs5)c5ccccc5)c(C=O)c4)cc3)CC2)C(C)(C)C)cc1. The van der Waals surface area contributed by atoms with Gasteiger partial charge in [-0.2, -0.15) is 0 Å². The molecule has 4 heterocycles. The molecular weight excluding hydrogens is 935 g/mol. The van der Waals surface area contributed by atoms with Gasteiger partial charge in [-0.05, 0) is 71.0 Å². The Bertz CT molecular complexity index is 2790. The van der Waals surface area contributed by atoms with Crippen LogP contribution in [0.15, 0.2) is 114 Å². The summed E-state index contributed by atoms with van der Waals surface area (Å²) in [5, 5.41) is 21.9. The maximum Gasteiger partial charge on any atom is 0.248 e. The number of aliphatic hydroxyl groups excluding tert-OH is 1. The van der Waals surface area contributed by atoms with Crippen molar-refractivity contribution in [2.45, 2.75) is 71.4 Å². The average Bonchev–Trinajstić information content (AvgIpc) is 4.15. The number of piperazine rings is 1. The topological polar surface area (TPSA) is 180 Å². The molecule has 1 unspecified atom stereocenters. The van der Waals surface area contributed by atoms with Gasteiger partial charge in [0.2, 0.25) is 23.6 Å². The minimum atomic E-state index is -0.918. The Hall–Kier alpha value is -6.63. The van der Waals surface area contributed by atoms with Gasteiger partial charge in [0, 0.05) is 75.1 Å². The number of aldehydes is 1. The Balaban J connectivity index is 0.830. The fraction of sp³-hybridized carbons (Fsp3) is 0.352. The van der Waals surface area contributed by atoms with Crippen molar-refractivity contribution in [1.82, 2.24) is 35.3 Å². The van der Waals surface area contributed by atoms with E-state index in [4.69, 9.17) is 0 Å². The van der Waals surface area contributed by atoms with Gasteiger partial charge < -0.3 is 30.9 Å². The van der Waals surface area contributed by atoms with Crippen LogP contribution in [0, 0.1) is 12.3 Å². The lowest BCUT2D eigenvalue weighted by Crippen LogP contribution is -2.59. The Labute approximate surface area is 422 Å². The first kappa shape index (κ1) is 50.7. The van der Waals surface area contributed by atoms with Crippen molar-refractivity contribution in [1.29, 1.82) is 0 Å². The summed E-state index contributed by atoms with van der Waals surface area (Å²) in [5.74, 6) is -1.24. The second kappa shape index (κ2) is 22.6. The largest absolute Gasteiger partial charge is 0.391 e. The first-order valence-electron chi connectivity index (χ1n) is 23.8. The summed E-state index contributed by atoms with van der Waals surface area (Å²) in [7, 11) is 1.87. The van der Waals surface area contributed by atoms with E-state index in [1.807, 2.05) is 135 Å². The number of carbonyl (C=O) groups excluding carboxylic acids is 5. The number of aryl methyl sites for hydroxylation is 1. The number of aliphatic hydroxyl groups is 1. The lowest BCUT2D eigenvalue weighted by atomic mass is 9.85. The molecule has 4 aromatic carbocycles. The summed E-state index contributed by atoms with van der Waals surface area (Å²) in [5.41, 5.74) is 9.14. The lowest BCUT2D eigenvalue weighted by Gasteiger charge is -2.37. The smallest absolute Gasteiger partial charge is 0.248 e. The number of hydrogen-bond donors (Lipinski definition) is 4. The van der Waals surface area contributed by atoms with Gasteiger partial charge in [-0.1, -0.05) is 99.6 Å². The zero-order chi connectivity index (χ0) is 50.2. The number of carbonyl (C=O) groups is 5. The molecule has 0 bridgehead atoms. The molecule has 2 aliphatic rings. The number of thiazole rings is 2. The normalized spacial score (nSPS) is 17.2. The van der Waals surface area contributed by atoms with Crippen LogP contribution in [-0.2, 0) is 32.3 Å². The number of β-amino-alcohol motifs (C(OH)–C–C–N with tert-alkyl or cyclic N) is 1. The number of likely N-dealkylation sites (N-methyl/N-ethyl adjacent to an activating group) is 1. The molecule has 15 nitrogen and oxygen atoms in total. The van der Waals surface area contributed by atoms with E-state index in [9.17, 15) is 29.1 Å². The number of rotatable bonds is 17. The van der Waals surface area contributed by atoms with Gasteiger partial charge in [-0.25, -0.2) is 9.97 Å². The number of nitrogens with zero attached hydrogens (tertiary/aromatic N) is 6. The zero-order valence-corrected chi connectivity index (χ0v) is 42.3. The third-order valence-corrected chi connectivity index (χ3v) is 14.8. The zero-order valence-electron chi connectivity index (χ0n) is 40.7. The quantitative estimate of drug-likeness (QED) is 0.0707. The highest BCUT2D eigenvalue weighted by molar-refractivity contribution is 7.14. The third-order valence-electron chi connectivity index (χ3n) is 13.2. The van der Waals surface area contributed by atoms with Crippen molar-refractivity contribution in [3.05, 3.63) is 142 Å². The lowest BCUT2D eigenvalue weighted by molar-refractivity contribution is -0.144. The molecule has 8 rings (SSSR count). The van der Waals surface area contributed by atoms with Gasteiger partial charge in [-0.15, -0.1) is 22.7 Å². The van der Waals surface area contributed by atoms with Crippen LogP contribution in [0.3, 0.4) is 0 Å². The Kier molecular flexibility index (Phi) is 16.2. The predicted octanol–water partition coefficient (Wildman–Crippen LogP) is 6.80. The Morgan fingerprint density at radius 1 is 0.887 bits per heavy atom. The molecule has 370 valence electrons. The summed E-state index contributed by atoms with van der Waals surface area (Å²) in [6, 6.07) is 29.1. The molecule has 2 aliphatic heterocycles. The molecule has 2 aromatic heterocycles. The molecule has 6 aromatic rings. The van der Waals surface area contributed by atoms with Crippen molar-refractivity contribution >= 4 is 63.4 Å². The van der Waals surface area contributed by atoms with Crippen molar-refractivity contribution in [3.8, 4) is 21.6 Å². The standard InChI is InChI=1S/C54H61N9O6S2/c1-35-48(71-34-57-35)39-13-11-36(12-14-39)29-56-50(67)45-28-44(65)31-63(45)52(69)49(54(2,3)4)58-46(66)32-61-22-24-62(25-23-61)43-19-17-37(18-20-43)40-15-16-41(42(27-40)33-64)30-60(5)47(38-9-7-6-8-10-38)51(68)59-53-55-21-26-70-53/h6-21,26-27,33-34,44-45,47,49,65H,22-25,28-32H2,1-5H3,(H,56,67)(H,58,66)(H,55,59,68)/t44-,45+,47?,49-/m1/s1. The number of benzene rings is 4. The van der Waals surface area contributed by atoms with E-state index in [1.54, 1.807) is 17.5 Å². The Morgan fingerprint density at radius 3 is 2.24 bits per heavy atom. The van der Waals surface area contributed by atoms with E-state index in [-0.39, 0.29) is 43.8 Å². The molecule has 0 radical (unpaired) electrons. The number of nitrogens with one attached hydrogen (secondary N) is 3. The molecular formula is C54H61N9O6S2. The van der Waals surface area contributed by atoms with Crippen LogP contribution in [0.5, 0.6) is 0 Å². The number of aromatic nitrogens is 2. The fourth-order valence-corrected chi connectivity index (χ4v) is 10.7.